The second-order valence-electron chi connectivity index (χ2n) is 6.56. The highest BCUT2D eigenvalue weighted by Crippen LogP contribution is 2.35. The fourth-order valence-corrected chi connectivity index (χ4v) is 3.28. The number of carbonyl (C=O) groups is 2. The number of rotatable bonds is 4. The molecular weight excluding hydrogens is 362 g/mol. The third-order valence-electron chi connectivity index (χ3n) is 4.65. The van der Waals surface area contributed by atoms with Gasteiger partial charge in [-0.3, -0.25) is 4.79 Å². The van der Waals surface area contributed by atoms with Crippen LogP contribution in [0.5, 0.6) is 17.2 Å². The Hall–Kier alpha value is -3.42. The molecule has 1 atom stereocenters. The zero-order valence-corrected chi connectivity index (χ0v) is 15.4. The van der Waals surface area contributed by atoms with Crippen LogP contribution in [0, 0.1) is 0 Å². The van der Waals surface area contributed by atoms with Crippen molar-refractivity contribution in [2.75, 3.05) is 37.1 Å². The average Bonchev–Trinajstić information content (AvgIpc) is 3.08. The number of urea groups is 1. The normalized spacial score (nSPS) is 18.0. The number of hydrogen-bond donors (Lipinski definition) is 2. The van der Waals surface area contributed by atoms with Gasteiger partial charge < -0.3 is 29.7 Å². The molecule has 2 aliphatic heterocycles. The molecule has 2 N–H and O–H groups in total. The van der Waals surface area contributed by atoms with Crippen molar-refractivity contribution < 1.29 is 23.8 Å². The Morgan fingerprint density at radius 2 is 1.86 bits per heavy atom. The Morgan fingerprint density at radius 3 is 2.61 bits per heavy atom. The van der Waals surface area contributed by atoms with Crippen molar-refractivity contribution >= 4 is 23.3 Å². The van der Waals surface area contributed by atoms with Crippen LogP contribution in [0.4, 0.5) is 16.2 Å². The lowest BCUT2D eigenvalue weighted by atomic mass is 10.2. The summed E-state index contributed by atoms with van der Waals surface area (Å²) in [5, 5.41) is 5.61. The molecule has 0 aromatic heterocycles. The number of nitrogens with one attached hydrogen (secondary N) is 2. The molecule has 1 saturated heterocycles. The van der Waals surface area contributed by atoms with Gasteiger partial charge in [0.2, 0.25) is 5.91 Å². The van der Waals surface area contributed by atoms with E-state index in [4.69, 9.17) is 14.2 Å². The molecule has 8 heteroatoms. The van der Waals surface area contributed by atoms with Crippen molar-refractivity contribution in [3.8, 4) is 17.2 Å². The molecule has 2 aromatic carbocycles. The fourth-order valence-electron chi connectivity index (χ4n) is 3.28. The molecule has 0 aliphatic carbocycles. The minimum absolute atomic E-state index is 0.0496. The first-order valence-corrected chi connectivity index (χ1v) is 9.04. The zero-order valence-electron chi connectivity index (χ0n) is 15.4. The summed E-state index contributed by atoms with van der Waals surface area (Å²) >= 11 is 0. The summed E-state index contributed by atoms with van der Waals surface area (Å²) in [4.78, 5) is 26.3. The molecule has 28 heavy (non-hydrogen) atoms. The number of amides is 3. The smallest absolute Gasteiger partial charge is 0.319 e. The number of benzene rings is 2. The van der Waals surface area contributed by atoms with Crippen LogP contribution < -0.4 is 29.7 Å². The summed E-state index contributed by atoms with van der Waals surface area (Å²) in [6.45, 7) is 1.40. The quantitative estimate of drug-likeness (QED) is 0.846. The van der Waals surface area contributed by atoms with Gasteiger partial charge >= 0.3 is 6.03 Å². The van der Waals surface area contributed by atoms with Gasteiger partial charge in [0, 0.05) is 30.4 Å². The number of hydrogen-bond acceptors (Lipinski definition) is 5. The number of nitrogens with zero attached hydrogens (tertiary/aromatic N) is 1. The predicted molar refractivity (Wildman–Crippen MR) is 103 cm³/mol. The standard InChI is InChI=1S/C20H21N3O5/c1-26-16-5-2-13(3-6-16)21-20(25)22-14-10-19(24)23(12-14)15-4-7-17-18(11-15)28-9-8-27-17/h2-7,11,14H,8-10,12H2,1H3,(H2,21,22,25)/t14-/m1/s1. The molecular formula is C20H21N3O5. The van der Waals surface area contributed by atoms with Gasteiger partial charge in [-0.1, -0.05) is 0 Å². The van der Waals surface area contributed by atoms with E-state index < -0.39 is 0 Å². The van der Waals surface area contributed by atoms with Gasteiger partial charge in [-0.2, -0.15) is 0 Å². The van der Waals surface area contributed by atoms with E-state index >= 15 is 0 Å². The minimum Gasteiger partial charge on any atom is -0.497 e. The Kier molecular flexibility index (Phi) is 4.92. The highest BCUT2D eigenvalue weighted by Gasteiger charge is 2.32. The summed E-state index contributed by atoms with van der Waals surface area (Å²) in [7, 11) is 1.58. The lowest BCUT2D eigenvalue weighted by Crippen LogP contribution is -2.39. The van der Waals surface area contributed by atoms with Crippen molar-refractivity contribution in [2.45, 2.75) is 12.5 Å². The SMILES string of the molecule is COc1ccc(NC(=O)N[C@@H]2CC(=O)N(c3ccc4c(c3)OCCO4)C2)cc1. The molecule has 0 unspecified atom stereocenters. The maximum absolute atomic E-state index is 12.4. The molecule has 1 fully saturated rings. The molecule has 146 valence electrons. The molecule has 8 nitrogen and oxygen atoms in total. The third-order valence-corrected chi connectivity index (χ3v) is 4.65. The summed E-state index contributed by atoms with van der Waals surface area (Å²) in [6.07, 6.45) is 0.241. The van der Waals surface area contributed by atoms with Gasteiger partial charge in [-0.15, -0.1) is 0 Å². The average molecular weight is 383 g/mol. The Morgan fingerprint density at radius 1 is 1.11 bits per heavy atom. The molecule has 0 radical (unpaired) electrons. The maximum Gasteiger partial charge on any atom is 0.319 e. The van der Waals surface area contributed by atoms with Crippen molar-refractivity contribution in [3.05, 3.63) is 42.5 Å². The van der Waals surface area contributed by atoms with Crippen molar-refractivity contribution in [3.63, 3.8) is 0 Å². The van der Waals surface area contributed by atoms with E-state index in [1.54, 1.807) is 48.4 Å². The number of fused-ring (bicyclic) bond motifs is 1. The van der Waals surface area contributed by atoms with Gasteiger partial charge in [-0.25, -0.2) is 4.79 Å². The molecule has 2 aliphatic rings. The number of carbonyl (C=O) groups excluding carboxylic acids is 2. The Bertz CT molecular complexity index is 884. The van der Waals surface area contributed by atoms with E-state index in [1.807, 2.05) is 6.07 Å². The van der Waals surface area contributed by atoms with Gasteiger partial charge in [0.15, 0.2) is 11.5 Å². The van der Waals surface area contributed by atoms with Crippen LogP contribution in [0.3, 0.4) is 0 Å². The van der Waals surface area contributed by atoms with E-state index in [9.17, 15) is 9.59 Å². The summed E-state index contributed by atoms with van der Waals surface area (Å²) in [6, 6.07) is 11.8. The van der Waals surface area contributed by atoms with E-state index in [0.29, 0.717) is 42.7 Å². The van der Waals surface area contributed by atoms with E-state index in [2.05, 4.69) is 10.6 Å². The molecule has 4 rings (SSSR count). The molecule has 3 amide bonds. The lowest BCUT2D eigenvalue weighted by molar-refractivity contribution is -0.117. The first kappa shape index (κ1) is 18.0. The monoisotopic (exact) mass is 383 g/mol. The Labute approximate surface area is 162 Å². The van der Waals surface area contributed by atoms with E-state index in [1.165, 1.54) is 0 Å². The summed E-state index contributed by atoms with van der Waals surface area (Å²) in [5.41, 5.74) is 1.38. The van der Waals surface area contributed by atoms with Gasteiger partial charge in [0.05, 0.1) is 13.2 Å². The van der Waals surface area contributed by atoms with Crippen molar-refractivity contribution in [1.82, 2.24) is 5.32 Å². The Balaban J connectivity index is 1.37. The van der Waals surface area contributed by atoms with Crippen molar-refractivity contribution in [1.29, 1.82) is 0 Å². The summed E-state index contributed by atoms with van der Waals surface area (Å²) in [5.74, 6) is 1.97. The van der Waals surface area contributed by atoms with Crippen LogP contribution in [0.2, 0.25) is 0 Å². The largest absolute Gasteiger partial charge is 0.497 e. The topological polar surface area (TPSA) is 89.1 Å². The second-order valence-corrected chi connectivity index (χ2v) is 6.56. The third kappa shape index (κ3) is 3.80. The molecule has 0 saturated carbocycles. The first-order chi connectivity index (χ1) is 13.6. The van der Waals surface area contributed by atoms with Crippen LogP contribution in [0.25, 0.3) is 0 Å². The number of anilines is 2. The van der Waals surface area contributed by atoms with Crippen molar-refractivity contribution in [2.24, 2.45) is 0 Å². The van der Waals surface area contributed by atoms with Crippen LogP contribution >= 0.6 is 0 Å². The van der Waals surface area contributed by atoms with Gasteiger partial charge in [0.1, 0.15) is 19.0 Å². The molecule has 2 aromatic rings. The fraction of sp³-hybridized carbons (Fsp3) is 0.300. The zero-order chi connectivity index (χ0) is 19.5. The lowest BCUT2D eigenvalue weighted by Gasteiger charge is -2.22. The minimum atomic E-state index is -0.355. The maximum atomic E-state index is 12.4. The van der Waals surface area contributed by atoms with E-state index in [-0.39, 0.29) is 24.4 Å². The predicted octanol–water partition coefficient (Wildman–Crippen LogP) is 2.39. The van der Waals surface area contributed by atoms with Crippen LogP contribution in [0.15, 0.2) is 42.5 Å². The molecule has 2 heterocycles. The van der Waals surface area contributed by atoms with Crippen LogP contribution in [-0.2, 0) is 4.79 Å². The molecule has 0 spiro atoms. The van der Waals surface area contributed by atoms with Gasteiger partial charge in [0.25, 0.3) is 0 Å². The summed E-state index contributed by atoms with van der Waals surface area (Å²) < 4.78 is 16.2. The highest BCUT2D eigenvalue weighted by atomic mass is 16.6. The number of methoxy groups -OCH3 is 1. The first-order valence-electron chi connectivity index (χ1n) is 9.04. The van der Waals surface area contributed by atoms with Crippen LogP contribution in [0.1, 0.15) is 6.42 Å². The number of ether oxygens (including phenoxy) is 3. The van der Waals surface area contributed by atoms with E-state index in [0.717, 1.165) is 5.69 Å². The van der Waals surface area contributed by atoms with Crippen LogP contribution in [-0.4, -0.2) is 44.8 Å². The second kappa shape index (κ2) is 7.67. The molecule has 0 bridgehead atoms. The highest BCUT2D eigenvalue weighted by molar-refractivity contribution is 5.98. The van der Waals surface area contributed by atoms with Gasteiger partial charge in [-0.05, 0) is 36.4 Å².